The summed E-state index contributed by atoms with van der Waals surface area (Å²) in [7, 11) is 0. The molecule has 0 aliphatic rings. The molecule has 110 valence electrons. The minimum atomic E-state index is -0.698. The summed E-state index contributed by atoms with van der Waals surface area (Å²) in [6, 6.07) is 2.66. The average Bonchev–Trinajstić information content (AvgIpc) is 2.86. The predicted octanol–water partition coefficient (Wildman–Crippen LogP) is 2.35. The number of nitro groups is 1. The highest BCUT2D eigenvalue weighted by Gasteiger charge is 2.19. The van der Waals surface area contributed by atoms with Crippen LogP contribution in [0.2, 0.25) is 5.02 Å². The molecule has 21 heavy (non-hydrogen) atoms. The van der Waals surface area contributed by atoms with Gasteiger partial charge in [0, 0.05) is 18.3 Å². The molecule has 2 N–H and O–H groups in total. The van der Waals surface area contributed by atoms with Crippen molar-refractivity contribution in [3.05, 3.63) is 45.7 Å². The fourth-order valence-corrected chi connectivity index (χ4v) is 1.77. The number of anilines is 1. The van der Waals surface area contributed by atoms with E-state index in [0.717, 1.165) is 18.2 Å². The van der Waals surface area contributed by atoms with Crippen LogP contribution in [0.4, 0.5) is 11.4 Å². The van der Waals surface area contributed by atoms with E-state index in [-0.39, 0.29) is 17.1 Å². The number of phenols is 1. The number of rotatable bonds is 4. The van der Waals surface area contributed by atoms with Crippen molar-refractivity contribution in [2.45, 2.75) is 13.0 Å². The molecule has 1 aromatic heterocycles. The zero-order valence-corrected chi connectivity index (χ0v) is 11.6. The summed E-state index contributed by atoms with van der Waals surface area (Å²) < 4.78 is 1.34. The normalized spacial score (nSPS) is 11.9. The molecule has 2 aromatic rings. The number of nitro benzene ring substituents is 1. The number of benzene rings is 1. The lowest BCUT2D eigenvalue weighted by atomic mass is 10.2. The molecule has 0 saturated carbocycles. The number of aromatic nitrogens is 2. The first-order valence-electron chi connectivity index (χ1n) is 5.86. The Hall–Kier alpha value is -2.61. The SMILES string of the molecule is CC(C(=O)Nc1cc([N+](=O)[O-])ccc1O)n1cc(Cl)cn1. The number of hydrogen-bond acceptors (Lipinski definition) is 5. The van der Waals surface area contributed by atoms with Gasteiger partial charge in [-0.2, -0.15) is 5.10 Å². The highest BCUT2D eigenvalue weighted by Crippen LogP contribution is 2.28. The monoisotopic (exact) mass is 310 g/mol. The number of aromatic hydroxyl groups is 1. The number of nitrogens with zero attached hydrogens (tertiary/aromatic N) is 3. The van der Waals surface area contributed by atoms with Crippen molar-refractivity contribution in [1.29, 1.82) is 0 Å². The van der Waals surface area contributed by atoms with Gasteiger partial charge in [-0.1, -0.05) is 11.6 Å². The van der Waals surface area contributed by atoms with Crippen LogP contribution in [0.3, 0.4) is 0 Å². The molecule has 0 aliphatic heterocycles. The van der Waals surface area contributed by atoms with Crippen molar-refractivity contribution < 1.29 is 14.8 Å². The number of non-ortho nitro benzene ring substituents is 1. The Morgan fingerprint density at radius 3 is 2.86 bits per heavy atom. The lowest BCUT2D eigenvalue weighted by Gasteiger charge is -2.13. The number of halogens is 1. The van der Waals surface area contributed by atoms with E-state index in [2.05, 4.69) is 10.4 Å². The Morgan fingerprint density at radius 2 is 2.29 bits per heavy atom. The predicted molar refractivity (Wildman–Crippen MR) is 75.3 cm³/mol. The maximum absolute atomic E-state index is 12.1. The molecule has 9 heteroatoms. The molecule has 1 atom stereocenters. The van der Waals surface area contributed by atoms with Gasteiger partial charge in [-0.05, 0) is 13.0 Å². The second kappa shape index (κ2) is 5.80. The summed E-state index contributed by atoms with van der Waals surface area (Å²) in [5, 5.41) is 27.0. The Morgan fingerprint density at radius 1 is 1.57 bits per heavy atom. The minimum Gasteiger partial charge on any atom is -0.506 e. The van der Waals surface area contributed by atoms with Crippen LogP contribution < -0.4 is 5.32 Å². The van der Waals surface area contributed by atoms with E-state index in [0.29, 0.717) is 5.02 Å². The fourth-order valence-electron chi connectivity index (χ4n) is 1.62. The molecule has 8 nitrogen and oxygen atoms in total. The number of hydrogen-bond donors (Lipinski definition) is 2. The van der Waals surface area contributed by atoms with Crippen LogP contribution in [0.25, 0.3) is 0 Å². The van der Waals surface area contributed by atoms with Crippen molar-refractivity contribution >= 4 is 28.9 Å². The van der Waals surface area contributed by atoms with Crippen LogP contribution in [0.15, 0.2) is 30.6 Å². The lowest BCUT2D eigenvalue weighted by molar-refractivity contribution is -0.384. The van der Waals surface area contributed by atoms with Gasteiger partial charge in [0.1, 0.15) is 11.8 Å². The van der Waals surface area contributed by atoms with Gasteiger partial charge in [0.2, 0.25) is 5.91 Å². The second-order valence-corrected chi connectivity index (χ2v) is 4.70. The van der Waals surface area contributed by atoms with Crippen molar-refractivity contribution in [3.8, 4) is 5.75 Å². The van der Waals surface area contributed by atoms with Crippen LogP contribution in [0.1, 0.15) is 13.0 Å². The first-order valence-corrected chi connectivity index (χ1v) is 6.24. The van der Waals surface area contributed by atoms with E-state index in [4.69, 9.17) is 11.6 Å². The van der Waals surface area contributed by atoms with Gasteiger partial charge in [0.25, 0.3) is 5.69 Å². The second-order valence-electron chi connectivity index (χ2n) is 4.26. The van der Waals surface area contributed by atoms with E-state index in [9.17, 15) is 20.0 Å². The van der Waals surface area contributed by atoms with E-state index >= 15 is 0 Å². The number of nitrogens with one attached hydrogen (secondary N) is 1. The largest absolute Gasteiger partial charge is 0.506 e. The summed E-state index contributed by atoms with van der Waals surface area (Å²) in [5.41, 5.74) is -0.280. The van der Waals surface area contributed by atoms with Crippen molar-refractivity contribution in [2.24, 2.45) is 0 Å². The standard InChI is InChI=1S/C12H11ClN4O4/c1-7(16-6-8(13)5-14-16)12(19)15-10-4-9(17(20)21)2-3-11(10)18/h2-7,18H,1H3,(H,15,19). The smallest absolute Gasteiger partial charge is 0.271 e. The minimum absolute atomic E-state index is 0.0423. The third kappa shape index (κ3) is 3.29. The summed E-state index contributed by atoms with van der Waals surface area (Å²) >= 11 is 5.72. The number of carbonyl (C=O) groups is 1. The maximum atomic E-state index is 12.1. The van der Waals surface area contributed by atoms with Gasteiger partial charge in [0.15, 0.2) is 0 Å². The Bertz CT molecular complexity index is 700. The lowest BCUT2D eigenvalue weighted by Crippen LogP contribution is -2.24. The van der Waals surface area contributed by atoms with E-state index in [1.807, 2.05) is 0 Å². The Balaban J connectivity index is 2.19. The molecule has 1 aromatic carbocycles. The Kier molecular flexibility index (Phi) is 4.08. The summed E-state index contributed by atoms with van der Waals surface area (Å²) in [5.74, 6) is -0.759. The molecule has 1 unspecified atom stereocenters. The van der Waals surface area contributed by atoms with Gasteiger partial charge >= 0.3 is 0 Å². The van der Waals surface area contributed by atoms with Gasteiger partial charge < -0.3 is 10.4 Å². The number of phenolic OH excluding ortho intramolecular Hbond substituents is 1. The van der Waals surface area contributed by atoms with Crippen LogP contribution in [0, 0.1) is 10.1 Å². The highest BCUT2D eigenvalue weighted by molar-refractivity contribution is 6.30. The van der Waals surface area contributed by atoms with Crippen LogP contribution >= 0.6 is 11.6 Å². The molecule has 0 bridgehead atoms. The van der Waals surface area contributed by atoms with Gasteiger partial charge in [-0.15, -0.1) is 0 Å². The van der Waals surface area contributed by atoms with Gasteiger partial charge in [-0.25, -0.2) is 0 Å². The molecule has 1 amide bonds. The summed E-state index contributed by atoms with van der Waals surface area (Å²) in [4.78, 5) is 22.1. The molecule has 0 fully saturated rings. The summed E-state index contributed by atoms with van der Waals surface area (Å²) in [6.45, 7) is 1.58. The molecule has 1 heterocycles. The average molecular weight is 311 g/mol. The van der Waals surface area contributed by atoms with Crippen molar-refractivity contribution in [2.75, 3.05) is 5.32 Å². The highest BCUT2D eigenvalue weighted by atomic mass is 35.5. The topological polar surface area (TPSA) is 110 Å². The zero-order chi connectivity index (χ0) is 15.6. The first kappa shape index (κ1) is 14.8. The third-order valence-electron chi connectivity index (χ3n) is 2.80. The molecule has 0 aliphatic carbocycles. The molecule has 2 rings (SSSR count). The first-order chi connectivity index (χ1) is 9.88. The number of amides is 1. The zero-order valence-electron chi connectivity index (χ0n) is 10.9. The molecular formula is C12H11ClN4O4. The summed E-state index contributed by atoms with van der Waals surface area (Å²) in [6.07, 6.45) is 2.86. The van der Waals surface area contributed by atoms with Crippen LogP contribution in [-0.4, -0.2) is 25.7 Å². The van der Waals surface area contributed by atoms with Crippen molar-refractivity contribution in [1.82, 2.24) is 9.78 Å². The van der Waals surface area contributed by atoms with Crippen LogP contribution in [-0.2, 0) is 4.79 Å². The maximum Gasteiger partial charge on any atom is 0.271 e. The quantitative estimate of drug-likeness (QED) is 0.511. The van der Waals surface area contributed by atoms with Crippen molar-refractivity contribution in [3.63, 3.8) is 0 Å². The van der Waals surface area contributed by atoms with E-state index in [1.165, 1.54) is 17.1 Å². The van der Waals surface area contributed by atoms with Gasteiger partial charge in [-0.3, -0.25) is 19.6 Å². The molecular weight excluding hydrogens is 300 g/mol. The van der Waals surface area contributed by atoms with E-state index < -0.39 is 16.9 Å². The van der Waals surface area contributed by atoms with E-state index in [1.54, 1.807) is 6.92 Å². The number of carbonyl (C=O) groups excluding carboxylic acids is 1. The fraction of sp³-hybridized carbons (Fsp3) is 0.167. The Labute approximate surface area is 124 Å². The third-order valence-corrected chi connectivity index (χ3v) is 2.99. The van der Waals surface area contributed by atoms with Gasteiger partial charge in [0.05, 0.1) is 21.8 Å². The van der Waals surface area contributed by atoms with Crippen LogP contribution in [0.5, 0.6) is 5.75 Å². The molecule has 0 saturated heterocycles. The molecule has 0 spiro atoms. The molecule has 0 radical (unpaired) electrons.